The first-order valence-corrected chi connectivity index (χ1v) is 7.47. The van der Waals surface area contributed by atoms with Crippen LogP contribution in [0.25, 0.3) is 0 Å². The predicted molar refractivity (Wildman–Crippen MR) is 77.8 cm³/mol. The molecule has 0 heterocycles. The number of rotatable bonds is 3. The predicted octanol–water partition coefficient (Wildman–Crippen LogP) is 2.73. The number of nitrogen functional groups attached to an aromatic ring is 1. The molecule has 0 aliphatic rings. The van der Waals surface area contributed by atoms with Gasteiger partial charge in [-0.05, 0) is 36.4 Å². The van der Waals surface area contributed by atoms with E-state index in [0.717, 1.165) is 18.2 Å². The summed E-state index contributed by atoms with van der Waals surface area (Å²) in [6.07, 6.45) is 0. The molecule has 3 N–H and O–H groups in total. The number of nitrogens with zero attached hydrogens (tertiary/aromatic N) is 1. The van der Waals surface area contributed by atoms with Gasteiger partial charge in [0.2, 0.25) is 0 Å². The van der Waals surface area contributed by atoms with E-state index in [1.165, 1.54) is 18.2 Å². The molecule has 0 radical (unpaired) electrons. The van der Waals surface area contributed by atoms with Crippen LogP contribution < -0.4 is 10.5 Å². The maximum absolute atomic E-state index is 13.2. The second-order valence-electron chi connectivity index (χ2n) is 4.09. The molecule has 0 aliphatic heterocycles. The molecular formula is C13H9ClFN3O2S. The van der Waals surface area contributed by atoms with E-state index in [-0.39, 0.29) is 22.0 Å². The van der Waals surface area contributed by atoms with Crippen LogP contribution in [0.5, 0.6) is 0 Å². The summed E-state index contributed by atoms with van der Waals surface area (Å²) in [5.41, 5.74) is 5.69. The topological polar surface area (TPSA) is 96.0 Å². The highest BCUT2D eigenvalue weighted by atomic mass is 35.5. The van der Waals surface area contributed by atoms with Gasteiger partial charge in [-0.15, -0.1) is 0 Å². The van der Waals surface area contributed by atoms with Gasteiger partial charge >= 0.3 is 0 Å². The highest BCUT2D eigenvalue weighted by Gasteiger charge is 2.19. The van der Waals surface area contributed by atoms with Crippen LogP contribution in [0.15, 0.2) is 41.3 Å². The normalized spacial score (nSPS) is 10.9. The van der Waals surface area contributed by atoms with Crippen LogP contribution in [0.1, 0.15) is 5.56 Å². The molecule has 8 heteroatoms. The van der Waals surface area contributed by atoms with E-state index in [1.807, 2.05) is 6.07 Å². The summed E-state index contributed by atoms with van der Waals surface area (Å²) < 4.78 is 39.8. The van der Waals surface area contributed by atoms with Crippen LogP contribution >= 0.6 is 11.6 Å². The fraction of sp³-hybridized carbons (Fsp3) is 0. The first-order valence-electron chi connectivity index (χ1n) is 5.61. The molecule has 0 unspecified atom stereocenters. The number of benzene rings is 2. The molecule has 0 spiro atoms. The van der Waals surface area contributed by atoms with E-state index >= 15 is 0 Å². The van der Waals surface area contributed by atoms with Gasteiger partial charge in [0.15, 0.2) is 0 Å². The third-order valence-corrected chi connectivity index (χ3v) is 4.36. The van der Waals surface area contributed by atoms with Gasteiger partial charge in [-0.3, -0.25) is 4.72 Å². The Labute approximate surface area is 125 Å². The van der Waals surface area contributed by atoms with Crippen molar-refractivity contribution in [1.82, 2.24) is 0 Å². The molecule has 2 aromatic rings. The fourth-order valence-electron chi connectivity index (χ4n) is 1.61. The first kappa shape index (κ1) is 15.1. The van der Waals surface area contributed by atoms with Crippen LogP contribution in [0.2, 0.25) is 5.02 Å². The van der Waals surface area contributed by atoms with Crippen LogP contribution in [-0.2, 0) is 10.0 Å². The van der Waals surface area contributed by atoms with Crippen molar-refractivity contribution in [1.29, 1.82) is 5.26 Å². The number of nitrogens with one attached hydrogen (secondary N) is 1. The highest BCUT2D eigenvalue weighted by Crippen LogP contribution is 2.27. The van der Waals surface area contributed by atoms with E-state index in [4.69, 9.17) is 22.6 Å². The zero-order valence-corrected chi connectivity index (χ0v) is 12.0. The Morgan fingerprint density at radius 1 is 1.24 bits per heavy atom. The molecule has 0 bridgehead atoms. The largest absolute Gasteiger partial charge is 0.398 e. The van der Waals surface area contributed by atoms with Crippen molar-refractivity contribution in [2.24, 2.45) is 0 Å². The fourth-order valence-corrected chi connectivity index (χ4v) is 3.05. The molecular weight excluding hydrogens is 317 g/mol. The molecule has 0 amide bonds. The summed E-state index contributed by atoms with van der Waals surface area (Å²) in [6, 6.07) is 8.97. The number of hydrogen-bond acceptors (Lipinski definition) is 4. The van der Waals surface area contributed by atoms with Crippen molar-refractivity contribution in [3.63, 3.8) is 0 Å². The van der Waals surface area contributed by atoms with Gasteiger partial charge in [0, 0.05) is 0 Å². The van der Waals surface area contributed by atoms with Gasteiger partial charge < -0.3 is 5.73 Å². The smallest absolute Gasteiger partial charge is 0.264 e. The Bertz CT molecular complexity index is 847. The monoisotopic (exact) mass is 325 g/mol. The van der Waals surface area contributed by atoms with Gasteiger partial charge in [0.25, 0.3) is 10.0 Å². The van der Waals surface area contributed by atoms with Gasteiger partial charge in [-0.1, -0.05) is 11.6 Å². The maximum atomic E-state index is 13.2. The summed E-state index contributed by atoms with van der Waals surface area (Å²) in [4.78, 5) is -0.402. The number of nitrogens with two attached hydrogens (primary N) is 1. The number of halogens is 2. The Morgan fingerprint density at radius 3 is 2.62 bits per heavy atom. The summed E-state index contributed by atoms with van der Waals surface area (Å²) in [7, 11) is -4.12. The minimum absolute atomic E-state index is 0.0133. The van der Waals surface area contributed by atoms with Crippen LogP contribution in [0.3, 0.4) is 0 Å². The van der Waals surface area contributed by atoms with Gasteiger partial charge in [-0.2, -0.15) is 5.26 Å². The lowest BCUT2D eigenvalue weighted by atomic mass is 10.2. The minimum Gasteiger partial charge on any atom is -0.398 e. The van der Waals surface area contributed by atoms with E-state index in [9.17, 15) is 12.8 Å². The van der Waals surface area contributed by atoms with Crippen molar-refractivity contribution in [2.75, 3.05) is 10.5 Å². The molecule has 2 aromatic carbocycles. The number of hydrogen-bond donors (Lipinski definition) is 2. The molecule has 0 aromatic heterocycles. The van der Waals surface area contributed by atoms with Gasteiger partial charge in [0.05, 0.1) is 28.0 Å². The third kappa shape index (κ3) is 3.24. The molecule has 0 saturated heterocycles. The number of nitriles is 1. The number of anilines is 2. The lowest BCUT2D eigenvalue weighted by Crippen LogP contribution is -2.15. The Balaban J connectivity index is 2.47. The zero-order valence-electron chi connectivity index (χ0n) is 10.5. The van der Waals surface area contributed by atoms with Crippen LogP contribution in [-0.4, -0.2) is 8.42 Å². The molecule has 0 aliphatic carbocycles. The molecule has 5 nitrogen and oxygen atoms in total. The summed E-state index contributed by atoms with van der Waals surface area (Å²) in [6.45, 7) is 0. The second kappa shape index (κ2) is 5.60. The van der Waals surface area contributed by atoms with E-state index in [2.05, 4.69) is 4.72 Å². The second-order valence-corrected chi connectivity index (χ2v) is 6.15. The van der Waals surface area contributed by atoms with Crippen LogP contribution in [0.4, 0.5) is 15.8 Å². The molecule has 108 valence electrons. The average Bonchev–Trinajstić information content (AvgIpc) is 2.43. The highest BCUT2D eigenvalue weighted by molar-refractivity contribution is 7.92. The van der Waals surface area contributed by atoms with E-state index in [0.29, 0.717) is 0 Å². The Kier molecular flexibility index (Phi) is 4.02. The molecule has 0 saturated carbocycles. The van der Waals surface area contributed by atoms with Crippen molar-refractivity contribution >= 4 is 33.0 Å². The standard InChI is InChI=1S/C13H9ClFN3O2S/c14-10-3-1-8(7-16)5-12(10)18-21(19,20)13-6-9(15)2-4-11(13)17/h1-6,18H,17H2. The summed E-state index contributed by atoms with van der Waals surface area (Å²) in [5.74, 6) is -0.735. The van der Waals surface area contributed by atoms with Crippen molar-refractivity contribution in [3.05, 3.63) is 52.8 Å². The lowest BCUT2D eigenvalue weighted by Gasteiger charge is -2.11. The quantitative estimate of drug-likeness (QED) is 0.848. The van der Waals surface area contributed by atoms with Crippen molar-refractivity contribution < 1.29 is 12.8 Å². The van der Waals surface area contributed by atoms with Gasteiger partial charge in [0.1, 0.15) is 10.7 Å². The zero-order chi connectivity index (χ0) is 15.6. The van der Waals surface area contributed by atoms with E-state index in [1.54, 1.807) is 0 Å². The Morgan fingerprint density at radius 2 is 1.95 bits per heavy atom. The minimum atomic E-state index is -4.12. The van der Waals surface area contributed by atoms with Crippen molar-refractivity contribution in [3.8, 4) is 6.07 Å². The first-order chi connectivity index (χ1) is 9.83. The average molecular weight is 326 g/mol. The van der Waals surface area contributed by atoms with Gasteiger partial charge in [-0.25, -0.2) is 12.8 Å². The molecule has 21 heavy (non-hydrogen) atoms. The van der Waals surface area contributed by atoms with Crippen LogP contribution in [0, 0.1) is 17.1 Å². The van der Waals surface area contributed by atoms with Crippen molar-refractivity contribution in [2.45, 2.75) is 4.90 Å². The SMILES string of the molecule is N#Cc1ccc(Cl)c(NS(=O)(=O)c2cc(F)ccc2N)c1. The lowest BCUT2D eigenvalue weighted by molar-refractivity contribution is 0.596. The molecule has 0 atom stereocenters. The summed E-state index contributed by atoms with van der Waals surface area (Å²) >= 11 is 5.88. The number of sulfonamides is 1. The third-order valence-electron chi connectivity index (χ3n) is 2.60. The Hall–Kier alpha value is -2.30. The molecule has 0 fully saturated rings. The molecule has 2 rings (SSSR count). The maximum Gasteiger partial charge on any atom is 0.264 e. The summed E-state index contributed by atoms with van der Waals surface area (Å²) in [5, 5.41) is 8.91. The van der Waals surface area contributed by atoms with E-state index < -0.39 is 20.7 Å².